The fourth-order valence-electron chi connectivity index (χ4n) is 0.975. The van der Waals surface area contributed by atoms with Gasteiger partial charge in [0, 0.05) is 4.88 Å². The van der Waals surface area contributed by atoms with Gasteiger partial charge in [0.15, 0.2) is 0 Å². The van der Waals surface area contributed by atoms with Crippen LogP contribution in [0.3, 0.4) is 0 Å². The zero-order valence-electron chi connectivity index (χ0n) is 8.16. The summed E-state index contributed by atoms with van der Waals surface area (Å²) >= 11 is 1.51. The summed E-state index contributed by atoms with van der Waals surface area (Å²) in [5.41, 5.74) is 0. The molecule has 1 aromatic rings. The van der Waals surface area contributed by atoms with Gasteiger partial charge in [0.1, 0.15) is 4.88 Å². The van der Waals surface area contributed by atoms with E-state index >= 15 is 0 Å². The van der Waals surface area contributed by atoms with Crippen LogP contribution in [0.2, 0.25) is 0 Å². The van der Waals surface area contributed by atoms with Gasteiger partial charge in [-0.3, -0.25) is 0 Å². The topological polar surface area (TPSA) is 26.3 Å². The average Bonchev–Trinajstić information content (AvgIpc) is 2.52. The lowest BCUT2D eigenvalue weighted by Gasteiger charge is -1.98. The maximum absolute atomic E-state index is 11.3. The monoisotopic (exact) mass is 198 g/mol. The standard InChI is InChI=1S/C10H14O2S/c1-4-12-10(11)9-6-5-8(13-9)7(2)3/h5-7H,4H2,1-3H3. The van der Waals surface area contributed by atoms with Gasteiger partial charge in [-0.25, -0.2) is 4.79 Å². The van der Waals surface area contributed by atoms with E-state index in [1.165, 1.54) is 16.2 Å². The molecule has 3 heteroatoms. The molecule has 0 saturated heterocycles. The highest BCUT2D eigenvalue weighted by Crippen LogP contribution is 2.24. The molecule has 1 rings (SSSR count). The third-order valence-corrected chi connectivity index (χ3v) is 3.04. The number of hydrogen-bond donors (Lipinski definition) is 0. The average molecular weight is 198 g/mol. The molecule has 1 aromatic heterocycles. The molecule has 0 radical (unpaired) electrons. The van der Waals surface area contributed by atoms with E-state index in [1.807, 2.05) is 19.1 Å². The van der Waals surface area contributed by atoms with Crippen LogP contribution in [0.15, 0.2) is 12.1 Å². The predicted molar refractivity (Wildman–Crippen MR) is 54.4 cm³/mol. The van der Waals surface area contributed by atoms with Crippen molar-refractivity contribution in [1.29, 1.82) is 0 Å². The maximum Gasteiger partial charge on any atom is 0.348 e. The van der Waals surface area contributed by atoms with Crippen LogP contribution in [-0.2, 0) is 4.74 Å². The molecule has 0 aliphatic carbocycles. The first kappa shape index (κ1) is 10.3. The Morgan fingerprint density at radius 3 is 2.69 bits per heavy atom. The highest BCUT2D eigenvalue weighted by atomic mass is 32.1. The van der Waals surface area contributed by atoms with Crippen molar-refractivity contribution in [2.75, 3.05) is 6.61 Å². The summed E-state index contributed by atoms with van der Waals surface area (Å²) in [6, 6.07) is 3.82. The number of rotatable bonds is 3. The van der Waals surface area contributed by atoms with Crippen molar-refractivity contribution in [3.05, 3.63) is 21.9 Å². The van der Waals surface area contributed by atoms with E-state index in [2.05, 4.69) is 13.8 Å². The molecule has 13 heavy (non-hydrogen) atoms. The quantitative estimate of drug-likeness (QED) is 0.698. The molecule has 0 atom stereocenters. The largest absolute Gasteiger partial charge is 0.462 e. The molecule has 72 valence electrons. The molecule has 0 fully saturated rings. The second-order valence-corrected chi connectivity index (χ2v) is 4.19. The van der Waals surface area contributed by atoms with E-state index < -0.39 is 0 Å². The second-order valence-electron chi connectivity index (χ2n) is 3.08. The first-order valence-electron chi connectivity index (χ1n) is 4.42. The third kappa shape index (κ3) is 2.56. The summed E-state index contributed by atoms with van der Waals surface area (Å²) in [6.07, 6.45) is 0. The van der Waals surface area contributed by atoms with Gasteiger partial charge in [0.25, 0.3) is 0 Å². The molecule has 2 nitrogen and oxygen atoms in total. The molecule has 0 unspecified atom stereocenters. The zero-order valence-corrected chi connectivity index (χ0v) is 8.98. The van der Waals surface area contributed by atoms with E-state index in [0.29, 0.717) is 17.4 Å². The number of carbonyl (C=O) groups excluding carboxylic acids is 1. The van der Waals surface area contributed by atoms with Gasteiger partial charge in [-0.1, -0.05) is 13.8 Å². The minimum absolute atomic E-state index is 0.209. The van der Waals surface area contributed by atoms with E-state index in [1.54, 1.807) is 0 Å². The first-order valence-corrected chi connectivity index (χ1v) is 5.23. The van der Waals surface area contributed by atoms with Gasteiger partial charge < -0.3 is 4.74 Å². The van der Waals surface area contributed by atoms with Crippen molar-refractivity contribution in [2.45, 2.75) is 26.7 Å². The Kier molecular flexibility index (Phi) is 3.48. The normalized spacial score (nSPS) is 10.5. The first-order chi connectivity index (χ1) is 6.15. The molecular formula is C10H14O2S. The Morgan fingerprint density at radius 1 is 1.54 bits per heavy atom. The van der Waals surface area contributed by atoms with E-state index in [0.717, 1.165) is 0 Å². The van der Waals surface area contributed by atoms with Crippen LogP contribution < -0.4 is 0 Å². The fourth-order valence-corrected chi connectivity index (χ4v) is 1.88. The van der Waals surface area contributed by atoms with Crippen LogP contribution in [0, 0.1) is 0 Å². The molecule has 0 bridgehead atoms. The van der Waals surface area contributed by atoms with Crippen molar-refractivity contribution >= 4 is 17.3 Å². The molecule has 1 heterocycles. The molecule has 0 saturated carbocycles. The Balaban J connectivity index is 2.73. The van der Waals surface area contributed by atoms with Crippen LogP contribution in [0.25, 0.3) is 0 Å². The van der Waals surface area contributed by atoms with Gasteiger partial charge >= 0.3 is 5.97 Å². The van der Waals surface area contributed by atoms with Gasteiger partial charge in [0.05, 0.1) is 6.61 Å². The molecule has 0 N–H and O–H groups in total. The zero-order chi connectivity index (χ0) is 9.84. The fraction of sp³-hybridized carbons (Fsp3) is 0.500. The predicted octanol–water partition coefficient (Wildman–Crippen LogP) is 3.05. The molecule has 0 aromatic carbocycles. The van der Waals surface area contributed by atoms with Crippen LogP contribution in [0.5, 0.6) is 0 Å². The van der Waals surface area contributed by atoms with Crippen molar-refractivity contribution in [2.24, 2.45) is 0 Å². The van der Waals surface area contributed by atoms with Crippen molar-refractivity contribution in [3.8, 4) is 0 Å². The van der Waals surface area contributed by atoms with Gasteiger partial charge in [-0.15, -0.1) is 11.3 Å². The van der Waals surface area contributed by atoms with Crippen LogP contribution >= 0.6 is 11.3 Å². The lowest BCUT2D eigenvalue weighted by molar-refractivity contribution is 0.0532. The third-order valence-electron chi connectivity index (χ3n) is 1.67. The lowest BCUT2D eigenvalue weighted by atomic mass is 10.2. The number of carbonyl (C=O) groups is 1. The lowest BCUT2D eigenvalue weighted by Crippen LogP contribution is -2.01. The Bertz CT molecular complexity index is 289. The second kappa shape index (κ2) is 4.42. The summed E-state index contributed by atoms with van der Waals surface area (Å²) in [5, 5.41) is 0. The van der Waals surface area contributed by atoms with Gasteiger partial charge in [-0.2, -0.15) is 0 Å². The molecular weight excluding hydrogens is 184 g/mol. The molecule has 0 aliphatic heterocycles. The smallest absolute Gasteiger partial charge is 0.348 e. The number of thiophene rings is 1. The number of ether oxygens (including phenoxy) is 1. The summed E-state index contributed by atoms with van der Waals surface area (Å²) in [6.45, 7) is 6.48. The molecule has 0 amide bonds. The van der Waals surface area contributed by atoms with E-state index in [9.17, 15) is 4.79 Å². The van der Waals surface area contributed by atoms with Gasteiger partial charge in [0.2, 0.25) is 0 Å². The molecule has 0 aliphatic rings. The van der Waals surface area contributed by atoms with Crippen LogP contribution in [0.4, 0.5) is 0 Å². The summed E-state index contributed by atoms with van der Waals surface area (Å²) in [7, 11) is 0. The van der Waals surface area contributed by atoms with E-state index in [4.69, 9.17) is 4.74 Å². The summed E-state index contributed by atoms with van der Waals surface area (Å²) in [5.74, 6) is 0.271. The number of hydrogen-bond acceptors (Lipinski definition) is 3. The van der Waals surface area contributed by atoms with Crippen molar-refractivity contribution in [3.63, 3.8) is 0 Å². The van der Waals surface area contributed by atoms with Crippen LogP contribution in [-0.4, -0.2) is 12.6 Å². The maximum atomic E-state index is 11.3. The van der Waals surface area contributed by atoms with Gasteiger partial charge in [-0.05, 0) is 25.0 Å². The summed E-state index contributed by atoms with van der Waals surface area (Å²) in [4.78, 5) is 13.2. The van der Waals surface area contributed by atoms with E-state index in [-0.39, 0.29) is 5.97 Å². The van der Waals surface area contributed by atoms with Crippen molar-refractivity contribution < 1.29 is 9.53 Å². The highest BCUT2D eigenvalue weighted by molar-refractivity contribution is 7.14. The summed E-state index contributed by atoms with van der Waals surface area (Å²) < 4.78 is 4.89. The Hall–Kier alpha value is -0.830. The minimum Gasteiger partial charge on any atom is -0.462 e. The minimum atomic E-state index is -0.209. The van der Waals surface area contributed by atoms with Crippen LogP contribution in [0.1, 0.15) is 41.2 Å². The SMILES string of the molecule is CCOC(=O)c1ccc(C(C)C)s1. The number of esters is 1. The molecule has 0 spiro atoms. The Labute approximate surface area is 82.5 Å². The Morgan fingerprint density at radius 2 is 2.23 bits per heavy atom. The van der Waals surface area contributed by atoms with Crippen molar-refractivity contribution in [1.82, 2.24) is 0 Å². The highest BCUT2D eigenvalue weighted by Gasteiger charge is 2.10.